The van der Waals surface area contributed by atoms with Gasteiger partial charge in [0.25, 0.3) is 5.91 Å². The van der Waals surface area contributed by atoms with E-state index < -0.39 is 10.0 Å². The average molecular weight is 382 g/mol. The third-order valence-corrected chi connectivity index (χ3v) is 5.91. The van der Waals surface area contributed by atoms with E-state index in [0.717, 1.165) is 18.5 Å². The van der Waals surface area contributed by atoms with Crippen LogP contribution in [0.3, 0.4) is 0 Å². The number of carbonyl (C=O) groups excluding carboxylic acids is 1. The molecule has 1 atom stereocenters. The number of morpholine rings is 1. The monoisotopic (exact) mass is 382 g/mol. The lowest BCUT2D eigenvalue weighted by Gasteiger charge is -2.35. The molecule has 1 amide bonds. The molecule has 3 N–H and O–H groups in total. The normalized spacial score (nSPS) is 21.7. The number of ether oxygens (including phenoxy) is 1. The lowest BCUT2D eigenvalue weighted by Crippen LogP contribution is -2.47. The molecule has 144 valence electrons. The standard InChI is InChI=1S/C17H26N4O4S/c1-19-13-3-2-6-21(12-13)17(22)15-11-14(26(18,23)24)4-5-16(15)20-7-9-25-10-8-20/h4-5,11,13,19H,2-3,6-10,12H2,1H3,(H2,18,23,24). The number of benzene rings is 1. The Kier molecular flexibility index (Phi) is 5.81. The fourth-order valence-corrected chi connectivity index (χ4v) is 4.05. The molecule has 8 nitrogen and oxygen atoms in total. The Balaban J connectivity index is 1.97. The molecule has 2 heterocycles. The number of likely N-dealkylation sites (N-methyl/N-ethyl adjacent to an activating group) is 1. The summed E-state index contributed by atoms with van der Waals surface area (Å²) >= 11 is 0. The Labute approximate surface area is 154 Å². The first-order valence-corrected chi connectivity index (χ1v) is 10.4. The summed E-state index contributed by atoms with van der Waals surface area (Å²) in [7, 11) is -1.99. The number of hydrogen-bond acceptors (Lipinski definition) is 6. The third kappa shape index (κ3) is 4.17. The van der Waals surface area contributed by atoms with Gasteiger partial charge in [-0.05, 0) is 38.1 Å². The van der Waals surface area contributed by atoms with Crippen molar-refractivity contribution in [1.29, 1.82) is 0 Å². The van der Waals surface area contributed by atoms with Crippen molar-refractivity contribution in [2.24, 2.45) is 5.14 Å². The Morgan fingerprint density at radius 2 is 2.00 bits per heavy atom. The molecule has 0 saturated carbocycles. The molecule has 26 heavy (non-hydrogen) atoms. The van der Waals surface area contributed by atoms with Gasteiger partial charge in [-0.3, -0.25) is 4.79 Å². The highest BCUT2D eigenvalue weighted by Gasteiger charge is 2.28. The minimum Gasteiger partial charge on any atom is -0.378 e. The van der Waals surface area contributed by atoms with Gasteiger partial charge in [-0.25, -0.2) is 13.6 Å². The van der Waals surface area contributed by atoms with Crippen molar-refractivity contribution in [2.75, 3.05) is 51.3 Å². The first-order valence-electron chi connectivity index (χ1n) is 8.86. The van der Waals surface area contributed by atoms with E-state index in [9.17, 15) is 13.2 Å². The summed E-state index contributed by atoms with van der Waals surface area (Å²) in [6.45, 7) is 3.76. The molecule has 0 spiro atoms. The van der Waals surface area contributed by atoms with E-state index >= 15 is 0 Å². The minimum absolute atomic E-state index is 0.0416. The van der Waals surface area contributed by atoms with Crippen molar-refractivity contribution in [3.8, 4) is 0 Å². The zero-order chi connectivity index (χ0) is 18.7. The number of nitrogens with two attached hydrogens (primary N) is 1. The molecule has 2 saturated heterocycles. The van der Waals surface area contributed by atoms with Crippen LogP contribution < -0.4 is 15.4 Å². The van der Waals surface area contributed by atoms with Crippen LogP contribution in [0.25, 0.3) is 0 Å². The zero-order valence-electron chi connectivity index (χ0n) is 15.0. The first kappa shape index (κ1) is 19.1. The van der Waals surface area contributed by atoms with Crippen LogP contribution in [0.5, 0.6) is 0 Å². The quantitative estimate of drug-likeness (QED) is 0.759. The number of nitrogens with zero attached hydrogens (tertiary/aromatic N) is 2. The van der Waals surface area contributed by atoms with Crippen LogP contribution >= 0.6 is 0 Å². The molecule has 2 fully saturated rings. The van der Waals surface area contributed by atoms with Crippen molar-refractivity contribution in [3.05, 3.63) is 23.8 Å². The van der Waals surface area contributed by atoms with E-state index in [2.05, 4.69) is 10.2 Å². The average Bonchev–Trinajstić information content (AvgIpc) is 2.67. The second-order valence-corrected chi connectivity index (χ2v) is 8.26. The SMILES string of the molecule is CNC1CCCN(C(=O)c2cc(S(N)(=O)=O)ccc2N2CCOCC2)C1. The smallest absolute Gasteiger partial charge is 0.256 e. The topological polar surface area (TPSA) is 105 Å². The molecule has 0 aliphatic carbocycles. The molecule has 1 aromatic carbocycles. The fraction of sp³-hybridized carbons (Fsp3) is 0.588. The highest BCUT2D eigenvalue weighted by Crippen LogP contribution is 2.27. The van der Waals surface area contributed by atoms with Gasteiger partial charge in [-0.1, -0.05) is 0 Å². The van der Waals surface area contributed by atoms with Gasteiger partial charge in [0.2, 0.25) is 10.0 Å². The lowest BCUT2D eigenvalue weighted by molar-refractivity contribution is 0.0697. The van der Waals surface area contributed by atoms with Gasteiger partial charge < -0.3 is 19.9 Å². The summed E-state index contributed by atoms with van der Waals surface area (Å²) in [5.41, 5.74) is 1.12. The van der Waals surface area contributed by atoms with E-state index in [1.54, 1.807) is 11.0 Å². The highest BCUT2D eigenvalue weighted by molar-refractivity contribution is 7.89. The Bertz CT molecular complexity index is 762. The summed E-state index contributed by atoms with van der Waals surface area (Å²) in [6, 6.07) is 4.80. The predicted molar refractivity (Wildman–Crippen MR) is 98.8 cm³/mol. The van der Waals surface area contributed by atoms with Crippen LogP contribution in [0.15, 0.2) is 23.1 Å². The van der Waals surface area contributed by atoms with Crippen molar-refractivity contribution >= 4 is 21.6 Å². The van der Waals surface area contributed by atoms with E-state index in [4.69, 9.17) is 9.88 Å². The molecular formula is C17H26N4O4S. The van der Waals surface area contributed by atoms with Gasteiger partial charge in [-0.15, -0.1) is 0 Å². The Morgan fingerprint density at radius 3 is 2.65 bits per heavy atom. The van der Waals surface area contributed by atoms with Gasteiger partial charge in [0.15, 0.2) is 0 Å². The molecule has 1 aromatic rings. The van der Waals surface area contributed by atoms with Crippen molar-refractivity contribution < 1.29 is 17.9 Å². The van der Waals surface area contributed by atoms with E-state index in [0.29, 0.717) is 45.0 Å². The van der Waals surface area contributed by atoms with Crippen LogP contribution in [0.1, 0.15) is 23.2 Å². The maximum atomic E-state index is 13.2. The Hall–Kier alpha value is -1.68. The number of anilines is 1. The van der Waals surface area contributed by atoms with Gasteiger partial charge in [0, 0.05) is 37.9 Å². The molecule has 0 aromatic heterocycles. The maximum Gasteiger partial charge on any atom is 0.256 e. The number of nitrogens with one attached hydrogen (secondary N) is 1. The lowest BCUT2D eigenvalue weighted by atomic mass is 10.0. The summed E-state index contributed by atoms with van der Waals surface area (Å²) in [5, 5.41) is 8.50. The van der Waals surface area contributed by atoms with Crippen molar-refractivity contribution in [2.45, 2.75) is 23.8 Å². The molecule has 2 aliphatic rings. The van der Waals surface area contributed by atoms with Crippen molar-refractivity contribution in [1.82, 2.24) is 10.2 Å². The molecule has 9 heteroatoms. The number of primary sulfonamides is 1. The third-order valence-electron chi connectivity index (χ3n) is 5.00. The summed E-state index contributed by atoms with van der Waals surface area (Å²) in [4.78, 5) is 17.0. The van der Waals surface area contributed by atoms with Crippen LogP contribution in [-0.4, -0.2) is 71.7 Å². The van der Waals surface area contributed by atoms with Crippen molar-refractivity contribution in [3.63, 3.8) is 0 Å². The van der Waals surface area contributed by atoms with Gasteiger partial charge >= 0.3 is 0 Å². The van der Waals surface area contributed by atoms with Crippen LogP contribution in [0.2, 0.25) is 0 Å². The van der Waals surface area contributed by atoms with Gasteiger partial charge in [0.1, 0.15) is 0 Å². The number of sulfonamides is 1. The molecule has 1 unspecified atom stereocenters. The van der Waals surface area contributed by atoms with Crippen LogP contribution in [0, 0.1) is 0 Å². The number of hydrogen-bond donors (Lipinski definition) is 2. The zero-order valence-corrected chi connectivity index (χ0v) is 15.8. The highest BCUT2D eigenvalue weighted by atomic mass is 32.2. The number of piperidine rings is 1. The Morgan fingerprint density at radius 1 is 1.27 bits per heavy atom. The van der Waals surface area contributed by atoms with Crippen LogP contribution in [-0.2, 0) is 14.8 Å². The number of likely N-dealkylation sites (tertiary alicyclic amines) is 1. The minimum atomic E-state index is -3.88. The van der Waals surface area contributed by atoms with E-state index in [-0.39, 0.29) is 16.8 Å². The second kappa shape index (κ2) is 7.91. The van der Waals surface area contributed by atoms with E-state index in [1.165, 1.54) is 12.1 Å². The van der Waals surface area contributed by atoms with Gasteiger partial charge in [-0.2, -0.15) is 0 Å². The number of carbonyl (C=O) groups is 1. The fourth-order valence-electron chi connectivity index (χ4n) is 3.51. The molecule has 0 radical (unpaired) electrons. The summed E-state index contributed by atoms with van der Waals surface area (Å²) < 4.78 is 28.9. The number of amides is 1. The molecular weight excluding hydrogens is 356 g/mol. The second-order valence-electron chi connectivity index (χ2n) is 6.70. The molecule has 3 rings (SSSR count). The van der Waals surface area contributed by atoms with E-state index in [1.807, 2.05) is 7.05 Å². The first-order chi connectivity index (χ1) is 12.4. The van der Waals surface area contributed by atoms with Crippen LogP contribution in [0.4, 0.5) is 5.69 Å². The molecule has 2 aliphatic heterocycles. The number of rotatable bonds is 4. The molecule has 0 bridgehead atoms. The predicted octanol–water partition coefficient (Wildman–Crippen LogP) is -0.00540. The van der Waals surface area contributed by atoms with Gasteiger partial charge in [0.05, 0.1) is 23.7 Å². The summed E-state index contributed by atoms with van der Waals surface area (Å²) in [6.07, 6.45) is 1.94. The largest absolute Gasteiger partial charge is 0.378 e. The maximum absolute atomic E-state index is 13.2. The summed E-state index contributed by atoms with van der Waals surface area (Å²) in [5.74, 6) is -0.156.